The fourth-order valence-electron chi connectivity index (χ4n) is 3.13. The van der Waals surface area contributed by atoms with Crippen molar-refractivity contribution in [3.8, 4) is 0 Å². The zero-order chi connectivity index (χ0) is 20.5. The highest BCUT2D eigenvalue weighted by atomic mass is 16.5. The van der Waals surface area contributed by atoms with Crippen molar-refractivity contribution in [2.45, 2.75) is 32.2 Å². The second kappa shape index (κ2) is 7.41. The first-order chi connectivity index (χ1) is 13.2. The van der Waals surface area contributed by atoms with Gasteiger partial charge in [0.15, 0.2) is 12.4 Å². The largest absolute Gasteiger partial charge is 0.454 e. The van der Waals surface area contributed by atoms with Gasteiger partial charge in [-0.25, -0.2) is 4.79 Å². The quantitative estimate of drug-likeness (QED) is 0.410. The Labute approximate surface area is 161 Å². The number of benzene rings is 1. The van der Waals surface area contributed by atoms with Gasteiger partial charge in [0.2, 0.25) is 0 Å². The third kappa shape index (κ3) is 4.03. The van der Waals surface area contributed by atoms with Crippen LogP contribution in [0, 0.1) is 5.92 Å². The Balaban J connectivity index is 1.49. The topological polar surface area (TPSA) is 122 Å². The van der Waals surface area contributed by atoms with Crippen LogP contribution >= 0.6 is 0 Å². The molecule has 0 aromatic heterocycles. The van der Waals surface area contributed by atoms with E-state index in [-0.39, 0.29) is 11.7 Å². The maximum absolute atomic E-state index is 12.4. The van der Waals surface area contributed by atoms with E-state index in [9.17, 15) is 24.0 Å². The lowest BCUT2D eigenvalue weighted by molar-refractivity contribution is -0.150. The Kier molecular flexibility index (Phi) is 5.17. The Morgan fingerprint density at radius 3 is 2.64 bits per heavy atom. The van der Waals surface area contributed by atoms with Crippen molar-refractivity contribution < 1.29 is 28.7 Å². The number of ketones is 1. The number of nitrogens with zero attached hydrogens (tertiary/aromatic N) is 1. The normalized spacial score (nSPS) is 21.3. The van der Waals surface area contributed by atoms with Crippen LogP contribution in [0.1, 0.15) is 37.0 Å². The van der Waals surface area contributed by atoms with Gasteiger partial charge in [-0.3, -0.25) is 24.1 Å². The SMILES string of the molecule is CC(=O)c1cccc(NC(=O)COC(=O)CN2C(=O)N[C@](C)(C3CC3)C2=O)c1. The first-order valence-corrected chi connectivity index (χ1v) is 8.91. The second-order valence-corrected chi connectivity index (χ2v) is 7.14. The van der Waals surface area contributed by atoms with E-state index < -0.39 is 42.5 Å². The third-order valence-corrected chi connectivity index (χ3v) is 4.90. The van der Waals surface area contributed by atoms with Crippen LogP contribution in [-0.2, 0) is 19.1 Å². The van der Waals surface area contributed by atoms with Crippen molar-refractivity contribution in [2.24, 2.45) is 5.92 Å². The smallest absolute Gasteiger partial charge is 0.326 e. The molecule has 1 aromatic carbocycles. The van der Waals surface area contributed by atoms with Crippen LogP contribution in [0.25, 0.3) is 0 Å². The summed E-state index contributed by atoms with van der Waals surface area (Å²) in [7, 11) is 0. The number of anilines is 1. The molecule has 1 saturated carbocycles. The van der Waals surface area contributed by atoms with Crippen molar-refractivity contribution >= 4 is 35.3 Å². The maximum Gasteiger partial charge on any atom is 0.326 e. The lowest BCUT2D eigenvalue weighted by Crippen LogP contribution is -2.46. The third-order valence-electron chi connectivity index (χ3n) is 4.90. The summed E-state index contributed by atoms with van der Waals surface area (Å²) in [4.78, 5) is 60.5. The Morgan fingerprint density at radius 2 is 2.00 bits per heavy atom. The van der Waals surface area contributed by atoms with Crippen molar-refractivity contribution in [2.75, 3.05) is 18.5 Å². The maximum atomic E-state index is 12.4. The number of carbonyl (C=O) groups excluding carboxylic acids is 5. The van der Waals surface area contributed by atoms with Gasteiger partial charge in [0.05, 0.1) is 0 Å². The summed E-state index contributed by atoms with van der Waals surface area (Å²) in [5.41, 5.74) is -0.147. The van der Waals surface area contributed by atoms with Crippen LogP contribution < -0.4 is 10.6 Å². The molecule has 0 bridgehead atoms. The number of ether oxygens (including phenoxy) is 1. The number of hydrogen-bond acceptors (Lipinski definition) is 6. The summed E-state index contributed by atoms with van der Waals surface area (Å²) in [6, 6.07) is 5.70. The number of amides is 4. The number of Topliss-reactive ketones (excluding diaryl/α,β-unsaturated/α-hetero) is 1. The van der Waals surface area contributed by atoms with Crippen molar-refractivity contribution in [3.63, 3.8) is 0 Å². The monoisotopic (exact) mass is 387 g/mol. The molecule has 0 unspecified atom stereocenters. The number of hydrogen-bond donors (Lipinski definition) is 2. The molecule has 9 nitrogen and oxygen atoms in total. The minimum atomic E-state index is -0.976. The van der Waals surface area contributed by atoms with E-state index in [1.807, 2.05) is 0 Å². The zero-order valence-electron chi connectivity index (χ0n) is 15.6. The van der Waals surface area contributed by atoms with E-state index in [2.05, 4.69) is 10.6 Å². The lowest BCUT2D eigenvalue weighted by Gasteiger charge is -2.20. The number of esters is 1. The summed E-state index contributed by atoms with van der Waals surface area (Å²) in [6.07, 6.45) is 1.71. The number of nitrogens with one attached hydrogen (secondary N) is 2. The molecule has 9 heteroatoms. The van der Waals surface area contributed by atoms with Crippen LogP contribution in [0.2, 0.25) is 0 Å². The van der Waals surface area contributed by atoms with Gasteiger partial charge in [-0.1, -0.05) is 12.1 Å². The summed E-state index contributed by atoms with van der Waals surface area (Å²) < 4.78 is 4.86. The second-order valence-electron chi connectivity index (χ2n) is 7.14. The average molecular weight is 387 g/mol. The van der Waals surface area contributed by atoms with Crippen LogP contribution in [0.4, 0.5) is 10.5 Å². The molecule has 28 heavy (non-hydrogen) atoms. The Hall–Kier alpha value is -3.23. The van der Waals surface area contributed by atoms with Gasteiger partial charge < -0.3 is 15.4 Å². The molecule has 1 aromatic rings. The van der Waals surface area contributed by atoms with Gasteiger partial charge in [-0.2, -0.15) is 0 Å². The molecule has 3 rings (SSSR count). The van der Waals surface area contributed by atoms with E-state index in [1.54, 1.807) is 25.1 Å². The van der Waals surface area contributed by atoms with Crippen LogP contribution in [-0.4, -0.2) is 53.2 Å². The molecule has 0 spiro atoms. The Morgan fingerprint density at radius 1 is 1.29 bits per heavy atom. The summed E-state index contributed by atoms with van der Waals surface area (Å²) in [5.74, 6) is -1.98. The van der Waals surface area contributed by atoms with Crippen molar-refractivity contribution in [3.05, 3.63) is 29.8 Å². The molecular formula is C19H21N3O6. The number of urea groups is 1. The van der Waals surface area contributed by atoms with E-state index in [1.165, 1.54) is 13.0 Å². The molecule has 1 atom stereocenters. The van der Waals surface area contributed by atoms with Crippen molar-refractivity contribution in [1.82, 2.24) is 10.2 Å². The van der Waals surface area contributed by atoms with Crippen molar-refractivity contribution in [1.29, 1.82) is 0 Å². The minimum Gasteiger partial charge on any atom is -0.454 e. The standard InChI is InChI=1S/C19H21N3O6/c1-11(23)12-4-3-5-14(8-12)20-15(24)10-28-16(25)9-22-17(26)19(2,13-6-7-13)21-18(22)27/h3-5,8,13H,6-7,9-10H2,1-2H3,(H,20,24)(H,21,27)/t19-/m1/s1. The average Bonchev–Trinajstić information content (AvgIpc) is 3.46. The molecule has 4 amide bonds. The number of imide groups is 1. The molecule has 1 aliphatic carbocycles. The summed E-state index contributed by atoms with van der Waals surface area (Å²) >= 11 is 0. The Bertz CT molecular complexity index is 863. The molecular weight excluding hydrogens is 366 g/mol. The summed E-state index contributed by atoms with van der Waals surface area (Å²) in [5, 5.41) is 5.14. The van der Waals surface area contributed by atoms with Gasteiger partial charge in [0.25, 0.3) is 11.8 Å². The highest BCUT2D eigenvalue weighted by Crippen LogP contribution is 2.42. The molecule has 0 radical (unpaired) electrons. The van der Waals surface area contributed by atoms with Crippen LogP contribution in [0.15, 0.2) is 24.3 Å². The van der Waals surface area contributed by atoms with E-state index in [4.69, 9.17) is 4.74 Å². The number of rotatable bonds is 7. The van der Waals surface area contributed by atoms with Crippen LogP contribution in [0.3, 0.4) is 0 Å². The van der Waals surface area contributed by atoms with E-state index in [0.29, 0.717) is 11.3 Å². The first-order valence-electron chi connectivity index (χ1n) is 8.91. The molecule has 1 heterocycles. The highest BCUT2D eigenvalue weighted by Gasteiger charge is 2.56. The van der Waals surface area contributed by atoms with E-state index in [0.717, 1.165) is 17.7 Å². The molecule has 1 saturated heterocycles. The predicted octanol–water partition coefficient (Wildman–Crippen LogP) is 1.09. The first kappa shape index (κ1) is 19.5. The van der Waals surface area contributed by atoms with Gasteiger partial charge >= 0.3 is 12.0 Å². The fourth-order valence-corrected chi connectivity index (χ4v) is 3.13. The minimum absolute atomic E-state index is 0.0847. The number of carbonyl (C=O) groups is 5. The fraction of sp³-hybridized carbons (Fsp3) is 0.421. The van der Waals surface area contributed by atoms with Gasteiger partial charge in [0.1, 0.15) is 12.1 Å². The molecule has 148 valence electrons. The molecule has 1 aliphatic heterocycles. The van der Waals surface area contributed by atoms with Gasteiger partial charge in [-0.15, -0.1) is 0 Å². The lowest BCUT2D eigenvalue weighted by atomic mass is 9.96. The van der Waals surface area contributed by atoms with E-state index >= 15 is 0 Å². The van der Waals surface area contributed by atoms with Crippen LogP contribution in [0.5, 0.6) is 0 Å². The predicted molar refractivity (Wildman–Crippen MR) is 97.4 cm³/mol. The summed E-state index contributed by atoms with van der Waals surface area (Å²) in [6.45, 7) is 1.93. The molecule has 2 aliphatic rings. The van der Waals surface area contributed by atoms with Gasteiger partial charge in [-0.05, 0) is 44.7 Å². The van der Waals surface area contributed by atoms with Gasteiger partial charge in [0, 0.05) is 11.3 Å². The highest BCUT2D eigenvalue weighted by molar-refractivity contribution is 6.09. The molecule has 2 fully saturated rings. The zero-order valence-corrected chi connectivity index (χ0v) is 15.6. The molecule has 2 N–H and O–H groups in total.